The van der Waals surface area contributed by atoms with Crippen molar-refractivity contribution < 1.29 is 34.2 Å². The second kappa shape index (κ2) is 11.9. The highest BCUT2D eigenvalue weighted by Gasteiger charge is 2.23. The first-order chi connectivity index (χ1) is 12.0. The van der Waals surface area contributed by atoms with Gasteiger partial charge in [-0.1, -0.05) is 0 Å². The van der Waals surface area contributed by atoms with Crippen LogP contribution in [-0.2, 0) is 19.2 Å². The van der Waals surface area contributed by atoms with Crippen LogP contribution in [0.2, 0.25) is 0 Å². The van der Waals surface area contributed by atoms with Crippen LogP contribution >= 0.6 is 0 Å². The number of hydrogen-bond acceptors (Lipinski definition) is 7. The SMILES string of the molecule is CC(C)(C)OC(=O)NC(CCCCNC(=O)CCCO[N+](=O)[O-])C(=O)O. The topological polar surface area (TPSA) is 157 Å². The van der Waals surface area contributed by atoms with Crippen LogP contribution in [0.25, 0.3) is 0 Å². The molecule has 0 fully saturated rings. The normalized spacial score (nSPS) is 12.0. The van der Waals surface area contributed by atoms with Crippen molar-refractivity contribution >= 4 is 18.0 Å². The average molecular weight is 377 g/mol. The lowest BCUT2D eigenvalue weighted by Crippen LogP contribution is -2.43. The van der Waals surface area contributed by atoms with Gasteiger partial charge >= 0.3 is 12.1 Å². The van der Waals surface area contributed by atoms with Crippen LogP contribution in [0, 0.1) is 10.1 Å². The van der Waals surface area contributed by atoms with Crippen molar-refractivity contribution in [2.45, 2.75) is 64.5 Å². The summed E-state index contributed by atoms with van der Waals surface area (Å²) < 4.78 is 5.02. The molecule has 26 heavy (non-hydrogen) atoms. The van der Waals surface area contributed by atoms with Crippen molar-refractivity contribution in [2.75, 3.05) is 13.2 Å². The van der Waals surface area contributed by atoms with Gasteiger partial charge in [-0.3, -0.25) is 4.79 Å². The summed E-state index contributed by atoms with van der Waals surface area (Å²) >= 11 is 0. The smallest absolute Gasteiger partial charge is 0.408 e. The zero-order valence-electron chi connectivity index (χ0n) is 15.3. The molecule has 0 rings (SSSR count). The van der Waals surface area contributed by atoms with E-state index < -0.39 is 28.8 Å². The molecule has 0 aromatic heterocycles. The fraction of sp³-hybridized carbons (Fsp3) is 0.800. The van der Waals surface area contributed by atoms with Gasteiger partial charge in [0.1, 0.15) is 11.6 Å². The number of alkyl carbamates (subject to hydrolysis) is 1. The molecule has 0 aliphatic rings. The standard InChI is InChI=1S/C15H27N3O8/c1-15(2,3)26-14(22)17-11(13(20)21)7-4-5-9-16-12(19)8-6-10-25-18(23)24/h11H,4-10H2,1-3H3,(H,16,19)(H,17,22)(H,20,21). The van der Waals surface area contributed by atoms with E-state index in [4.69, 9.17) is 9.84 Å². The van der Waals surface area contributed by atoms with Crippen LogP contribution < -0.4 is 10.6 Å². The largest absolute Gasteiger partial charge is 0.480 e. The monoisotopic (exact) mass is 377 g/mol. The minimum absolute atomic E-state index is 0.103. The maximum atomic E-state index is 11.6. The number of rotatable bonds is 12. The van der Waals surface area contributed by atoms with Gasteiger partial charge in [-0.15, -0.1) is 10.1 Å². The zero-order chi connectivity index (χ0) is 20.2. The minimum atomic E-state index is -1.16. The Bertz CT molecular complexity index is 490. The van der Waals surface area contributed by atoms with E-state index in [-0.39, 0.29) is 31.8 Å². The third-order valence-corrected chi connectivity index (χ3v) is 2.98. The summed E-state index contributed by atoms with van der Waals surface area (Å²) in [6.45, 7) is 5.22. The Hall–Kier alpha value is -2.59. The number of carboxylic acids is 1. The molecule has 0 heterocycles. The maximum absolute atomic E-state index is 11.6. The van der Waals surface area contributed by atoms with Crippen LogP contribution in [0.4, 0.5) is 4.79 Å². The third-order valence-electron chi connectivity index (χ3n) is 2.98. The second-order valence-electron chi connectivity index (χ2n) is 6.54. The predicted octanol–water partition coefficient (Wildman–Crippen LogP) is 1.24. The van der Waals surface area contributed by atoms with E-state index in [0.29, 0.717) is 19.4 Å². The quantitative estimate of drug-likeness (QED) is 0.260. The van der Waals surface area contributed by atoms with E-state index in [2.05, 4.69) is 15.5 Å². The average Bonchev–Trinajstić information content (AvgIpc) is 2.47. The molecule has 0 saturated carbocycles. The Kier molecular flexibility index (Phi) is 10.7. The summed E-state index contributed by atoms with van der Waals surface area (Å²) in [7, 11) is 0. The molecule has 150 valence electrons. The molecule has 0 radical (unpaired) electrons. The molecule has 11 nitrogen and oxygen atoms in total. The van der Waals surface area contributed by atoms with E-state index in [1.54, 1.807) is 20.8 Å². The zero-order valence-corrected chi connectivity index (χ0v) is 15.3. The van der Waals surface area contributed by atoms with Gasteiger partial charge in [0.15, 0.2) is 0 Å². The van der Waals surface area contributed by atoms with Crippen LogP contribution in [0.1, 0.15) is 52.9 Å². The summed E-state index contributed by atoms with van der Waals surface area (Å²) in [4.78, 5) is 48.3. The van der Waals surface area contributed by atoms with Crippen LogP contribution in [-0.4, -0.2) is 53.0 Å². The van der Waals surface area contributed by atoms with E-state index in [1.165, 1.54) is 0 Å². The van der Waals surface area contributed by atoms with Gasteiger partial charge in [-0.2, -0.15) is 0 Å². The van der Waals surface area contributed by atoms with E-state index in [0.717, 1.165) is 0 Å². The summed E-state index contributed by atoms with van der Waals surface area (Å²) in [5.74, 6) is -1.43. The van der Waals surface area contributed by atoms with Crippen LogP contribution in [0.3, 0.4) is 0 Å². The van der Waals surface area contributed by atoms with Gasteiger partial charge in [0.25, 0.3) is 5.09 Å². The molecule has 2 amide bonds. The number of amides is 2. The lowest BCUT2D eigenvalue weighted by atomic mass is 10.1. The highest BCUT2D eigenvalue weighted by molar-refractivity contribution is 5.80. The molecule has 1 unspecified atom stereocenters. The van der Waals surface area contributed by atoms with E-state index in [9.17, 15) is 24.5 Å². The number of aliphatic carboxylic acids is 1. The number of hydrogen-bond donors (Lipinski definition) is 3. The molecule has 0 spiro atoms. The molecule has 11 heteroatoms. The molecule has 1 atom stereocenters. The van der Waals surface area contributed by atoms with Gasteiger partial charge in [0.05, 0.1) is 6.61 Å². The molecule has 3 N–H and O–H groups in total. The Morgan fingerprint density at radius 3 is 2.38 bits per heavy atom. The van der Waals surface area contributed by atoms with Gasteiger partial charge in [0.2, 0.25) is 5.91 Å². The van der Waals surface area contributed by atoms with Crippen molar-refractivity contribution in [3.8, 4) is 0 Å². The third kappa shape index (κ3) is 13.8. The Labute approximate surface area is 151 Å². The number of carboxylic acid groups (broad SMARTS) is 1. The number of carbonyl (C=O) groups excluding carboxylic acids is 2. The molecule has 0 saturated heterocycles. The van der Waals surface area contributed by atoms with Gasteiger partial charge in [0, 0.05) is 13.0 Å². The van der Waals surface area contributed by atoms with Crippen molar-refractivity contribution in [2.24, 2.45) is 0 Å². The molecule has 0 bridgehead atoms. The molecule has 0 aliphatic heterocycles. The van der Waals surface area contributed by atoms with E-state index in [1.807, 2.05) is 0 Å². The van der Waals surface area contributed by atoms with Crippen molar-refractivity contribution in [3.63, 3.8) is 0 Å². The first kappa shape index (κ1) is 23.4. The Morgan fingerprint density at radius 2 is 1.85 bits per heavy atom. The number of nitrogens with one attached hydrogen (secondary N) is 2. The minimum Gasteiger partial charge on any atom is -0.480 e. The first-order valence-electron chi connectivity index (χ1n) is 8.27. The van der Waals surface area contributed by atoms with Crippen molar-refractivity contribution in [1.82, 2.24) is 10.6 Å². The lowest BCUT2D eigenvalue weighted by Gasteiger charge is -2.22. The predicted molar refractivity (Wildman–Crippen MR) is 89.8 cm³/mol. The highest BCUT2D eigenvalue weighted by Crippen LogP contribution is 2.08. The summed E-state index contributed by atoms with van der Waals surface area (Å²) in [6, 6.07) is -1.07. The number of ether oxygens (including phenoxy) is 1. The molecular weight excluding hydrogens is 350 g/mol. The first-order valence-corrected chi connectivity index (χ1v) is 8.27. The van der Waals surface area contributed by atoms with Gasteiger partial charge in [-0.25, -0.2) is 9.59 Å². The van der Waals surface area contributed by atoms with Crippen molar-refractivity contribution in [1.29, 1.82) is 0 Å². The molecule has 0 aromatic carbocycles. The molecular formula is C15H27N3O8. The highest BCUT2D eigenvalue weighted by atomic mass is 16.9. The van der Waals surface area contributed by atoms with Gasteiger partial charge < -0.3 is 25.3 Å². The summed E-state index contributed by atoms with van der Waals surface area (Å²) in [6.07, 6.45) is 0.727. The van der Waals surface area contributed by atoms with Gasteiger partial charge in [-0.05, 0) is 46.5 Å². The van der Waals surface area contributed by atoms with Crippen LogP contribution in [0.5, 0.6) is 0 Å². The maximum Gasteiger partial charge on any atom is 0.408 e. The van der Waals surface area contributed by atoms with E-state index >= 15 is 0 Å². The summed E-state index contributed by atoms with van der Waals surface area (Å²) in [5.41, 5.74) is -0.720. The molecule has 0 aliphatic carbocycles. The van der Waals surface area contributed by atoms with Crippen molar-refractivity contribution in [3.05, 3.63) is 10.1 Å². The fourth-order valence-corrected chi connectivity index (χ4v) is 1.87. The Morgan fingerprint density at radius 1 is 1.19 bits per heavy atom. The lowest BCUT2D eigenvalue weighted by molar-refractivity contribution is -0.757. The number of unbranched alkanes of at least 4 members (excludes halogenated alkanes) is 1. The number of nitrogens with zero attached hydrogens (tertiary/aromatic N) is 1. The Balaban J connectivity index is 3.93. The number of carbonyl (C=O) groups is 3. The second-order valence-corrected chi connectivity index (χ2v) is 6.54. The fourth-order valence-electron chi connectivity index (χ4n) is 1.87. The summed E-state index contributed by atoms with van der Waals surface area (Å²) in [5, 5.41) is 23.1. The molecule has 0 aromatic rings. The van der Waals surface area contributed by atoms with Crippen LogP contribution in [0.15, 0.2) is 0 Å².